The molecule has 0 bridgehead atoms. The highest BCUT2D eigenvalue weighted by atomic mass is 79.9. The predicted molar refractivity (Wildman–Crippen MR) is 76.8 cm³/mol. The monoisotopic (exact) mass is 331 g/mol. The Morgan fingerprint density at radius 2 is 1.79 bits per heavy atom. The summed E-state index contributed by atoms with van der Waals surface area (Å²) in [5.74, 6) is -0.599. The molecule has 1 atom stereocenters. The van der Waals surface area contributed by atoms with Gasteiger partial charge in [0.25, 0.3) is 0 Å². The third kappa shape index (κ3) is 3.76. The molecule has 0 spiro atoms. The van der Waals surface area contributed by atoms with Crippen molar-refractivity contribution in [2.24, 2.45) is 11.7 Å². The number of hydrogen-bond donors (Lipinski definition) is 1. The second-order valence-electron chi connectivity index (χ2n) is 5.46. The number of rotatable bonds is 3. The van der Waals surface area contributed by atoms with Crippen molar-refractivity contribution in [2.75, 3.05) is 0 Å². The van der Waals surface area contributed by atoms with E-state index in [-0.39, 0.29) is 10.0 Å². The molecule has 0 radical (unpaired) electrons. The van der Waals surface area contributed by atoms with E-state index in [4.69, 9.17) is 5.73 Å². The summed E-state index contributed by atoms with van der Waals surface area (Å²) < 4.78 is 28.0. The quantitative estimate of drug-likeness (QED) is 0.606. The summed E-state index contributed by atoms with van der Waals surface area (Å²) in [5, 5.41) is 0. The molecule has 106 valence electrons. The maximum Gasteiger partial charge on any atom is 0.145 e. The Bertz CT molecular complexity index is 428. The highest BCUT2D eigenvalue weighted by molar-refractivity contribution is 9.10. The smallest absolute Gasteiger partial charge is 0.145 e. The fraction of sp³-hybridized carbons (Fsp3) is 0.600. The van der Waals surface area contributed by atoms with Gasteiger partial charge in [-0.3, -0.25) is 0 Å². The standard InChI is InChI=1S/C15H20BrF2N/c16-11-7-8-12(17)14(15(11)18)13(19)9-10-5-3-1-2-4-6-10/h7-8,10,13H,1-6,9,19H2. The van der Waals surface area contributed by atoms with Gasteiger partial charge in [-0.25, -0.2) is 8.78 Å². The fourth-order valence-electron chi connectivity index (χ4n) is 2.96. The molecule has 1 aliphatic rings. The van der Waals surface area contributed by atoms with Gasteiger partial charge in [0.2, 0.25) is 0 Å². The van der Waals surface area contributed by atoms with Crippen LogP contribution in [-0.2, 0) is 0 Å². The van der Waals surface area contributed by atoms with E-state index in [2.05, 4.69) is 15.9 Å². The van der Waals surface area contributed by atoms with Crippen LogP contribution in [0.3, 0.4) is 0 Å². The van der Waals surface area contributed by atoms with Gasteiger partial charge in [-0.15, -0.1) is 0 Å². The van der Waals surface area contributed by atoms with Crippen molar-refractivity contribution in [3.05, 3.63) is 33.8 Å². The van der Waals surface area contributed by atoms with Crippen molar-refractivity contribution in [1.82, 2.24) is 0 Å². The van der Waals surface area contributed by atoms with Crippen LogP contribution in [0.25, 0.3) is 0 Å². The first kappa shape index (κ1) is 14.9. The van der Waals surface area contributed by atoms with Crippen molar-refractivity contribution >= 4 is 15.9 Å². The lowest BCUT2D eigenvalue weighted by atomic mass is 9.89. The molecule has 2 rings (SSSR count). The Balaban J connectivity index is 2.10. The molecule has 0 aromatic heterocycles. The molecule has 19 heavy (non-hydrogen) atoms. The summed E-state index contributed by atoms with van der Waals surface area (Å²) in [6, 6.07) is 2.10. The number of benzene rings is 1. The zero-order valence-electron chi connectivity index (χ0n) is 11.0. The maximum atomic E-state index is 14.0. The molecule has 1 aromatic carbocycles. The molecule has 1 saturated carbocycles. The first-order valence-electron chi connectivity index (χ1n) is 6.98. The Morgan fingerprint density at radius 3 is 2.42 bits per heavy atom. The van der Waals surface area contributed by atoms with Gasteiger partial charge in [-0.1, -0.05) is 38.5 Å². The molecule has 4 heteroatoms. The van der Waals surface area contributed by atoms with Crippen molar-refractivity contribution < 1.29 is 8.78 Å². The number of nitrogens with two attached hydrogens (primary N) is 1. The molecular weight excluding hydrogens is 312 g/mol. The molecule has 1 aliphatic carbocycles. The SMILES string of the molecule is NC(CC1CCCCCC1)c1c(F)ccc(Br)c1F. The summed E-state index contributed by atoms with van der Waals surface area (Å²) in [5.41, 5.74) is 6.07. The van der Waals surface area contributed by atoms with Gasteiger partial charge in [0.15, 0.2) is 0 Å². The molecule has 0 saturated heterocycles. The van der Waals surface area contributed by atoms with E-state index in [1.54, 1.807) is 0 Å². The molecule has 2 N–H and O–H groups in total. The summed E-state index contributed by atoms with van der Waals surface area (Å²) in [7, 11) is 0. The van der Waals surface area contributed by atoms with Crippen LogP contribution in [0.5, 0.6) is 0 Å². The van der Waals surface area contributed by atoms with Crippen molar-refractivity contribution in [1.29, 1.82) is 0 Å². The van der Waals surface area contributed by atoms with Gasteiger partial charge in [0, 0.05) is 11.6 Å². The van der Waals surface area contributed by atoms with Gasteiger partial charge in [-0.05, 0) is 40.4 Å². The molecule has 0 amide bonds. The van der Waals surface area contributed by atoms with E-state index in [1.165, 1.54) is 37.8 Å². The van der Waals surface area contributed by atoms with Crippen LogP contribution in [0.4, 0.5) is 8.78 Å². The molecule has 1 nitrogen and oxygen atoms in total. The van der Waals surface area contributed by atoms with Crippen LogP contribution in [-0.4, -0.2) is 0 Å². The third-order valence-corrected chi connectivity index (χ3v) is 4.62. The lowest BCUT2D eigenvalue weighted by molar-refractivity contribution is 0.380. The topological polar surface area (TPSA) is 26.0 Å². The van der Waals surface area contributed by atoms with Crippen molar-refractivity contribution in [3.63, 3.8) is 0 Å². The first-order chi connectivity index (χ1) is 9.09. The van der Waals surface area contributed by atoms with Crippen LogP contribution >= 0.6 is 15.9 Å². The minimum absolute atomic E-state index is 0.0265. The number of hydrogen-bond acceptors (Lipinski definition) is 1. The Hall–Kier alpha value is -0.480. The zero-order valence-corrected chi connectivity index (χ0v) is 12.6. The highest BCUT2D eigenvalue weighted by Crippen LogP contribution is 2.33. The van der Waals surface area contributed by atoms with E-state index in [9.17, 15) is 8.78 Å². The predicted octanol–water partition coefficient (Wildman–Crippen LogP) is 5.09. The first-order valence-corrected chi connectivity index (χ1v) is 7.78. The minimum atomic E-state index is -0.555. The van der Waals surface area contributed by atoms with Gasteiger partial charge in [-0.2, -0.15) is 0 Å². The largest absolute Gasteiger partial charge is 0.324 e. The fourth-order valence-corrected chi connectivity index (χ4v) is 3.30. The Morgan fingerprint density at radius 1 is 1.16 bits per heavy atom. The summed E-state index contributed by atoms with van der Waals surface area (Å²) in [4.78, 5) is 0. The normalized spacial score (nSPS) is 19.2. The van der Waals surface area contributed by atoms with Crippen LogP contribution in [0.2, 0.25) is 0 Å². The average molecular weight is 332 g/mol. The lowest BCUT2D eigenvalue weighted by Crippen LogP contribution is -2.18. The lowest BCUT2D eigenvalue weighted by Gasteiger charge is -2.20. The van der Waals surface area contributed by atoms with Gasteiger partial charge < -0.3 is 5.73 Å². The van der Waals surface area contributed by atoms with E-state index in [0.717, 1.165) is 12.8 Å². The second-order valence-corrected chi connectivity index (χ2v) is 6.31. The van der Waals surface area contributed by atoms with Crippen LogP contribution in [0.1, 0.15) is 56.6 Å². The van der Waals surface area contributed by atoms with Crippen molar-refractivity contribution in [2.45, 2.75) is 51.0 Å². The maximum absolute atomic E-state index is 14.0. The molecule has 0 heterocycles. The molecule has 0 aliphatic heterocycles. The Kier molecular flexibility index (Phi) is 5.34. The summed E-state index contributed by atoms with van der Waals surface area (Å²) >= 11 is 3.09. The molecule has 1 aromatic rings. The zero-order chi connectivity index (χ0) is 13.8. The minimum Gasteiger partial charge on any atom is -0.324 e. The second kappa shape index (κ2) is 6.80. The van der Waals surface area contributed by atoms with E-state index in [0.29, 0.717) is 12.3 Å². The van der Waals surface area contributed by atoms with E-state index in [1.807, 2.05) is 0 Å². The van der Waals surface area contributed by atoms with Gasteiger partial charge in [0.05, 0.1) is 4.47 Å². The highest BCUT2D eigenvalue weighted by Gasteiger charge is 2.23. The van der Waals surface area contributed by atoms with E-state index >= 15 is 0 Å². The number of halogens is 3. The third-order valence-electron chi connectivity index (χ3n) is 4.01. The average Bonchev–Trinajstić information content (AvgIpc) is 2.63. The van der Waals surface area contributed by atoms with Gasteiger partial charge in [0.1, 0.15) is 11.6 Å². The molecular formula is C15H20BrF2N. The van der Waals surface area contributed by atoms with Crippen molar-refractivity contribution in [3.8, 4) is 0 Å². The summed E-state index contributed by atoms with van der Waals surface area (Å²) in [6.07, 6.45) is 7.89. The van der Waals surface area contributed by atoms with E-state index < -0.39 is 17.7 Å². The molecule has 1 fully saturated rings. The van der Waals surface area contributed by atoms with Crippen LogP contribution < -0.4 is 5.73 Å². The van der Waals surface area contributed by atoms with Gasteiger partial charge >= 0.3 is 0 Å². The van der Waals surface area contributed by atoms with Crippen LogP contribution in [0, 0.1) is 17.6 Å². The molecule has 1 unspecified atom stereocenters. The van der Waals surface area contributed by atoms with Crippen LogP contribution in [0.15, 0.2) is 16.6 Å². The summed E-state index contributed by atoms with van der Waals surface area (Å²) in [6.45, 7) is 0. The Labute approximate surface area is 121 Å².